The van der Waals surface area contributed by atoms with Gasteiger partial charge in [0.05, 0.1) is 0 Å². The van der Waals surface area contributed by atoms with Gasteiger partial charge in [0.2, 0.25) is 0 Å². The third-order valence-electron chi connectivity index (χ3n) is 2.84. The van der Waals surface area contributed by atoms with Crippen molar-refractivity contribution in [2.45, 2.75) is 26.3 Å². The summed E-state index contributed by atoms with van der Waals surface area (Å²) in [6, 6.07) is 7.08. The molecule has 0 aromatic heterocycles. The van der Waals surface area contributed by atoms with E-state index < -0.39 is 12.0 Å². The molecule has 6 heteroatoms. The number of rotatable bonds is 6. The van der Waals surface area contributed by atoms with Crippen LogP contribution in [-0.4, -0.2) is 30.2 Å². The van der Waals surface area contributed by atoms with Gasteiger partial charge in [0.1, 0.15) is 6.04 Å². The van der Waals surface area contributed by atoms with Crippen molar-refractivity contribution >= 4 is 36.5 Å². The van der Waals surface area contributed by atoms with Gasteiger partial charge in [0.25, 0.3) is 0 Å². The lowest BCUT2D eigenvalue weighted by Crippen LogP contribution is -2.32. The van der Waals surface area contributed by atoms with Crippen LogP contribution in [0.5, 0.6) is 0 Å². The van der Waals surface area contributed by atoms with Crippen molar-refractivity contribution in [3.8, 4) is 0 Å². The van der Waals surface area contributed by atoms with E-state index in [1.165, 1.54) is 0 Å². The van der Waals surface area contributed by atoms with E-state index in [9.17, 15) is 4.79 Å². The topological polar surface area (TPSA) is 66.6 Å². The smallest absolute Gasteiger partial charge is 0.320 e. The fraction of sp³-hybridized carbons (Fsp3) is 0.462. The van der Waals surface area contributed by atoms with Gasteiger partial charge in [-0.1, -0.05) is 12.1 Å². The van der Waals surface area contributed by atoms with Crippen LogP contribution >= 0.6 is 24.8 Å². The molecule has 0 amide bonds. The Labute approximate surface area is 126 Å². The fourth-order valence-electron chi connectivity index (χ4n) is 1.77. The van der Waals surface area contributed by atoms with Crippen molar-refractivity contribution in [2.24, 2.45) is 5.73 Å². The predicted molar refractivity (Wildman–Crippen MR) is 83.8 cm³/mol. The van der Waals surface area contributed by atoms with E-state index >= 15 is 0 Å². The summed E-state index contributed by atoms with van der Waals surface area (Å²) in [7, 11) is 0. The molecule has 1 aromatic carbocycles. The molecule has 1 atom stereocenters. The van der Waals surface area contributed by atoms with Crippen LogP contribution in [0, 0.1) is 0 Å². The minimum Gasteiger partial charge on any atom is -0.480 e. The molecule has 0 saturated heterocycles. The van der Waals surface area contributed by atoms with E-state index in [1.807, 2.05) is 24.3 Å². The summed E-state index contributed by atoms with van der Waals surface area (Å²) < 4.78 is 0. The molecular weight excluding hydrogens is 287 g/mol. The van der Waals surface area contributed by atoms with Crippen LogP contribution in [0.2, 0.25) is 0 Å². The first-order valence-electron chi connectivity index (χ1n) is 5.90. The molecule has 19 heavy (non-hydrogen) atoms. The van der Waals surface area contributed by atoms with Gasteiger partial charge >= 0.3 is 5.97 Å². The first-order chi connectivity index (χ1) is 8.08. The van der Waals surface area contributed by atoms with Crippen LogP contribution in [0.15, 0.2) is 24.3 Å². The summed E-state index contributed by atoms with van der Waals surface area (Å²) in [5.74, 6) is -0.960. The summed E-state index contributed by atoms with van der Waals surface area (Å²) in [5.41, 5.74) is 7.60. The second-order valence-electron chi connectivity index (χ2n) is 3.99. The Balaban J connectivity index is 0. The number of carboxylic acids is 1. The lowest BCUT2D eigenvalue weighted by Gasteiger charge is -2.21. The van der Waals surface area contributed by atoms with Crippen LogP contribution in [0.25, 0.3) is 0 Å². The quantitative estimate of drug-likeness (QED) is 0.846. The van der Waals surface area contributed by atoms with Crippen molar-refractivity contribution in [2.75, 3.05) is 18.0 Å². The zero-order valence-corrected chi connectivity index (χ0v) is 12.8. The molecule has 4 nitrogen and oxygen atoms in total. The number of nitrogens with two attached hydrogens (primary N) is 1. The Morgan fingerprint density at radius 1 is 1.21 bits per heavy atom. The molecule has 0 unspecified atom stereocenters. The predicted octanol–water partition coefficient (Wildman–Crippen LogP) is 2.33. The van der Waals surface area contributed by atoms with Crippen LogP contribution in [0.4, 0.5) is 5.69 Å². The summed E-state index contributed by atoms with van der Waals surface area (Å²) in [4.78, 5) is 12.9. The average molecular weight is 309 g/mol. The normalized spacial score (nSPS) is 10.9. The largest absolute Gasteiger partial charge is 0.480 e. The third kappa shape index (κ3) is 6.14. The van der Waals surface area contributed by atoms with Crippen molar-refractivity contribution in [3.63, 3.8) is 0 Å². The SMILES string of the molecule is CCN(CC)c1ccc(C[C@@H](N)C(=O)O)cc1.Cl.Cl. The monoisotopic (exact) mass is 308 g/mol. The summed E-state index contributed by atoms with van der Waals surface area (Å²) in [6.45, 7) is 6.14. The lowest BCUT2D eigenvalue weighted by molar-refractivity contribution is -0.138. The number of halogens is 2. The van der Waals surface area contributed by atoms with E-state index in [2.05, 4.69) is 18.7 Å². The average Bonchev–Trinajstić information content (AvgIpc) is 2.32. The van der Waals surface area contributed by atoms with Gasteiger partial charge in [-0.15, -0.1) is 24.8 Å². The summed E-state index contributed by atoms with van der Waals surface area (Å²) in [5, 5.41) is 8.73. The molecule has 0 heterocycles. The van der Waals surface area contributed by atoms with Gasteiger partial charge in [-0.3, -0.25) is 4.79 Å². The van der Waals surface area contributed by atoms with E-state index in [4.69, 9.17) is 10.8 Å². The molecule has 1 aromatic rings. The number of carboxylic acid groups (broad SMARTS) is 1. The maximum absolute atomic E-state index is 10.6. The van der Waals surface area contributed by atoms with Gasteiger partial charge in [0.15, 0.2) is 0 Å². The van der Waals surface area contributed by atoms with Crippen molar-refractivity contribution in [1.29, 1.82) is 0 Å². The standard InChI is InChI=1S/C13H20N2O2.2ClH/c1-3-15(4-2)11-7-5-10(6-8-11)9-12(14)13(16)17;;/h5-8,12H,3-4,9,14H2,1-2H3,(H,16,17);2*1H/t12-;;/m1../s1. The highest BCUT2D eigenvalue weighted by atomic mass is 35.5. The maximum Gasteiger partial charge on any atom is 0.320 e. The Bertz CT molecular complexity index is 367. The molecule has 0 aliphatic heterocycles. The number of aliphatic carboxylic acids is 1. The Kier molecular flexibility index (Phi) is 10.6. The van der Waals surface area contributed by atoms with E-state index in [0.29, 0.717) is 6.42 Å². The molecule has 3 N–H and O–H groups in total. The second kappa shape index (κ2) is 9.89. The lowest BCUT2D eigenvalue weighted by atomic mass is 10.1. The molecule has 0 aliphatic rings. The molecule has 110 valence electrons. The van der Waals surface area contributed by atoms with Gasteiger partial charge < -0.3 is 15.7 Å². The summed E-state index contributed by atoms with van der Waals surface area (Å²) in [6.07, 6.45) is 0.369. The van der Waals surface area contributed by atoms with E-state index in [1.54, 1.807) is 0 Å². The number of hydrogen-bond donors (Lipinski definition) is 2. The van der Waals surface area contributed by atoms with Crippen molar-refractivity contribution < 1.29 is 9.90 Å². The Morgan fingerprint density at radius 3 is 2.05 bits per heavy atom. The van der Waals surface area contributed by atoms with E-state index in [-0.39, 0.29) is 24.8 Å². The van der Waals surface area contributed by atoms with Gasteiger partial charge in [-0.05, 0) is 38.0 Å². The number of hydrogen-bond acceptors (Lipinski definition) is 3. The minimum atomic E-state index is -0.960. The number of nitrogens with zero attached hydrogens (tertiary/aromatic N) is 1. The maximum atomic E-state index is 10.6. The second-order valence-corrected chi connectivity index (χ2v) is 3.99. The molecule has 0 saturated carbocycles. The molecule has 0 fully saturated rings. The highest BCUT2D eigenvalue weighted by molar-refractivity contribution is 5.85. The first kappa shape index (κ1) is 20.3. The molecule has 0 spiro atoms. The van der Waals surface area contributed by atoms with Crippen LogP contribution in [0.3, 0.4) is 0 Å². The minimum absolute atomic E-state index is 0. The van der Waals surface area contributed by atoms with Crippen molar-refractivity contribution in [3.05, 3.63) is 29.8 Å². The molecule has 0 aliphatic carbocycles. The highest BCUT2D eigenvalue weighted by Gasteiger charge is 2.12. The zero-order chi connectivity index (χ0) is 12.8. The molecular formula is C13H22Cl2N2O2. The number of carbonyl (C=O) groups is 1. The van der Waals surface area contributed by atoms with Gasteiger partial charge in [0, 0.05) is 18.8 Å². The molecule has 0 radical (unpaired) electrons. The number of anilines is 1. The number of benzene rings is 1. The Morgan fingerprint density at radius 2 is 1.68 bits per heavy atom. The van der Waals surface area contributed by atoms with Gasteiger partial charge in [-0.2, -0.15) is 0 Å². The summed E-state index contributed by atoms with van der Waals surface area (Å²) >= 11 is 0. The van der Waals surface area contributed by atoms with E-state index in [0.717, 1.165) is 24.3 Å². The van der Waals surface area contributed by atoms with Gasteiger partial charge in [-0.25, -0.2) is 0 Å². The fourth-order valence-corrected chi connectivity index (χ4v) is 1.77. The van der Waals surface area contributed by atoms with Crippen LogP contribution in [0.1, 0.15) is 19.4 Å². The third-order valence-corrected chi connectivity index (χ3v) is 2.84. The molecule has 1 rings (SSSR count). The first-order valence-corrected chi connectivity index (χ1v) is 5.90. The van der Waals surface area contributed by atoms with Crippen molar-refractivity contribution in [1.82, 2.24) is 0 Å². The van der Waals surface area contributed by atoms with Crippen LogP contribution < -0.4 is 10.6 Å². The zero-order valence-electron chi connectivity index (χ0n) is 11.2. The van der Waals surface area contributed by atoms with Crippen LogP contribution in [-0.2, 0) is 11.2 Å². The highest BCUT2D eigenvalue weighted by Crippen LogP contribution is 2.15. The molecule has 0 bridgehead atoms. The Hall–Kier alpha value is -0.970.